The average Bonchev–Trinajstić information content (AvgIpc) is 3.30. The van der Waals surface area contributed by atoms with Crippen LogP contribution >= 0.6 is 11.8 Å². The fourth-order valence-electron chi connectivity index (χ4n) is 4.44. The molecule has 0 bridgehead atoms. The molecule has 0 saturated carbocycles. The highest BCUT2D eigenvalue weighted by atomic mass is 32.2. The van der Waals surface area contributed by atoms with Gasteiger partial charge < -0.3 is 4.74 Å². The molecule has 2 heterocycles. The van der Waals surface area contributed by atoms with E-state index in [0.717, 1.165) is 11.1 Å². The highest BCUT2D eigenvalue weighted by Gasteiger charge is 2.39. The third kappa shape index (κ3) is 4.75. The Bertz CT molecular complexity index is 1620. The van der Waals surface area contributed by atoms with Crippen molar-refractivity contribution < 1.29 is 22.5 Å². The maximum absolute atomic E-state index is 13.0. The number of benzene rings is 2. The average molecular weight is 549 g/mol. The van der Waals surface area contributed by atoms with E-state index < -0.39 is 26.7 Å². The van der Waals surface area contributed by atoms with Gasteiger partial charge in [0.1, 0.15) is 16.0 Å². The summed E-state index contributed by atoms with van der Waals surface area (Å²) in [7, 11) is -3.02. The van der Waals surface area contributed by atoms with Crippen LogP contribution in [0, 0.1) is 17.7 Å². The Kier molecular flexibility index (Phi) is 6.46. The molecule has 0 spiro atoms. The molecule has 0 saturated heterocycles. The first-order chi connectivity index (χ1) is 18.0. The molecule has 2 aromatic rings. The fourth-order valence-corrected chi connectivity index (χ4v) is 6.13. The summed E-state index contributed by atoms with van der Waals surface area (Å²) >= 11 is 1.22. The van der Waals surface area contributed by atoms with Crippen molar-refractivity contribution in [3.05, 3.63) is 95.1 Å². The molecule has 2 aliphatic heterocycles. The van der Waals surface area contributed by atoms with E-state index >= 15 is 0 Å². The van der Waals surface area contributed by atoms with Crippen molar-refractivity contribution in [1.29, 1.82) is 5.41 Å². The Labute approximate surface area is 224 Å². The predicted octanol–water partition coefficient (Wildman–Crippen LogP) is 4.43. The van der Waals surface area contributed by atoms with Gasteiger partial charge in [-0.05, 0) is 37.2 Å². The van der Waals surface area contributed by atoms with Gasteiger partial charge in [-0.3, -0.25) is 14.8 Å². The van der Waals surface area contributed by atoms with Gasteiger partial charge in [0.15, 0.2) is 5.84 Å². The lowest BCUT2D eigenvalue weighted by atomic mass is 9.79. The van der Waals surface area contributed by atoms with Gasteiger partial charge in [-0.25, -0.2) is 0 Å². The van der Waals surface area contributed by atoms with Crippen molar-refractivity contribution >= 4 is 49.4 Å². The summed E-state index contributed by atoms with van der Waals surface area (Å²) < 4.78 is 39.9. The van der Waals surface area contributed by atoms with Crippen LogP contribution in [0.15, 0.2) is 88.5 Å². The van der Waals surface area contributed by atoms with Crippen LogP contribution in [-0.2, 0) is 14.9 Å². The standard InChI is InChI=1S/C27H24N4O5S2/c1-16-8-10-17(11-9-16)25-30-31-23(28)20(24(32)29-26(31)37-25)15-27(2)13-12-22(38(33,34)35)19(14-27)18-6-4-5-7-21(18)36-3/h4-15,22,28H,1-3H3,(H,33,34,35)/b20-15-,28-23?. The molecule has 1 amide bonds. The summed E-state index contributed by atoms with van der Waals surface area (Å²) in [5.74, 6) is -0.290. The zero-order valence-electron chi connectivity index (χ0n) is 20.7. The smallest absolute Gasteiger partial charge is 0.283 e. The quantitative estimate of drug-likeness (QED) is 0.321. The lowest BCUT2D eigenvalue weighted by Crippen LogP contribution is -2.36. The van der Waals surface area contributed by atoms with E-state index in [-0.39, 0.29) is 11.4 Å². The number of carbonyl (C=O) groups excluding carboxylic acids is 1. The Morgan fingerprint density at radius 1 is 1.18 bits per heavy atom. The molecule has 0 aromatic heterocycles. The van der Waals surface area contributed by atoms with Crippen LogP contribution in [-0.4, -0.2) is 52.3 Å². The van der Waals surface area contributed by atoms with Crippen molar-refractivity contribution in [2.45, 2.75) is 19.1 Å². The lowest BCUT2D eigenvalue weighted by molar-refractivity contribution is -0.114. The molecule has 2 N–H and O–H groups in total. The summed E-state index contributed by atoms with van der Waals surface area (Å²) in [5, 5.41) is 14.2. The molecular weight excluding hydrogens is 524 g/mol. The number of nitrogens with one attached hydrogen (secondary N) is 1. The van der Waals surface area contributed by atoms with E-state index in [4.69, 9.17) is 10.1 Å². The third-order valence-corrected chi connectivity index (χ3v) is 8.36. The summed E-state index contributed by atoms with van der Waals surface area (Å²) in [6, 6.07) is 14.6. The number of rotatable bonds is 5. The van der Waals surface area contributed by atoms with Gasteiger partial charge in [0.25, 0.3) is 16.0 Å². The summed E-state index contributed by atoms with van der Waals surface area (Å²) in [6.45, 7) is 3.75. The van der Waals surface area contributed by atoms with E-state index in [9.17, 15) is 17.8 Å². The van der Waals surface area contributed by atoms with Crippen LogP contribution in [0.3, 0.4) is 0 Å². The summed E-state index contributed by atoms with van der Waals surface area (Å²) in [5.41, 5.74) is 1.77. The summed E-state index contributed by atoms with van der Waals surface area (Å²) in [4.78, 5) is 17.2. The van der Waals surface area contributed by atoms with Gasteiger partial charge in [-0.15, -0.1) is 0 Å². The normalized spacial score (nSPS) is 24.2. The number of aliphatic imine (C=N–C) groups is 1. The number of fused-ring (bicyclic) bond motifs is 1. The highest BCUT2D eigenvalue weighted by molar-refractivity contribution is 8.27. The summed E-state index contributed by atoms with van der Waals surface area (Å²) in [6.07, 6.45) is 6.17. The number of carbonyl (C=O) groups is 1. The van der Waals surface area contributed by atoms with E-state index in [2.05, 4.69) is 10.1 Å². The Morgan fingerprint density at radius 3 is 2.58 bits per heavy atom. The number of para-hydroxylation sites is 1. The predicted molar refractivity (Wildman–Crippen MR) is 149 cm³/mol. The molecule has 9 nitrogen and oxygen atoms in total. The minimum Gasteiger partial charge on any atom is -0.496 e. The van der Waals surface area contributed by atoms with Gasteiger partial charge >= 0.3 is 0 Å². The van der Waals surface area contributed by atoms with E-state index in [1.54, 1.807) is 49.4 Å². The maximum Gasteiger partial charge on any atom is 0.283 e. The molecule has 2 unspecified atom stereocenters. The zero-order valence-corrected chi connectivity index (χ0v) is 22.4. The molecule has 194 valence electrons. The van der Waals surface area contributed by atoms with Gasteiger partial charge in [0.05, 0.1) is 12.7 Å². The van der Waals surface area contributed by atoms with Crippen LogP contribution in [0.4, 0.5) is 0 Å². The van der Waals surface area contributed by atoms with Crippen molar-refractivity contribution in [2.24, 2.45) is 15.5 Å². The molecule has 38 heavy (non-hydrogen) atoms. The fraction of sp³-hybridized carbons (Fsp3) is 0.185. The van der Waals surface area contributed by atoms with Gasteiger partial charge in [-0.1, -0.05) is 72.3 Å². The second kappa shape index (κ2) is 9.50. The van der Waals surface area contributed by atoms with E-state index in [1.165, 1.54) is 30.0 Å². The second-order valence-electron chi connectivity index (χ2n) is 9.25. The van der Waals surface area contributed by atoms with Crippen LogP contribution in [0.25, 0.3) is 5.57 Å². The molecule has 2 aromatic carbocycles. The molecule has 0 radical (unpaired) electrons. The molecule has 2 atom stereocenters. The topological polar surface area (TPSA) is 132 Å². The Hall–Kier alpha value is -3.80. The third-order valence-electron chi connectivity index (χ3n) is 6.35. The van der Waals surface area contributed by atoms with Gasteiger partial charge in [-0.2, -0.15) is 23.5 Å². The molecule has 5 rings (SSSR count). The number of hydrogen-bond acceptors (Lipinski definition) is 7. The Balaban J connectivity index is 1.55. The number of amides is 1. The maximum atomic E-state index is 13.0. The number of ether oxygens (including phenoxy) is 1. The van der Waals surface area contributed by atoms with Gasteiger partial charge in [0.2, 0.25) is 5.17 Å². The monoisotopic (exact) mass is 548 g/mol. The number of allylic oxidation sites excluding steroid dienone is 3. The first kappa shape index (κ1) is 25.8. The first-order valence-corrected chi connectivity index (χ1v) is 13.9. The number of hydrogen-bond donors (Lipinski definition) is 2. The number of hydrazone groups is 1. The van der Waals surface area contributed by atoms with Crippen molar-refractivity contribution in [2.75, 3.05) is 7.11 Å². The molecule has 3 aliphatic rings. The molecule has 1 aliphatic carbocycles. The number of methoxy groups -OCH3 is 1. The number of thioether (sulfide) groups is 1. The van der Waals surface area contributed by atoms with E-state index in [1.807, 2.05) is 31.2 Å². The van der Waals surface area contributed by atoms with E-state index in [0.29, 0.717) is 27.1 Å². The second-order valence-corrected chi connectivity index (χ2v) is 11.7. The van der Waals surface area contributed by atoms with Gasteiger partial charge in [0, 0.05) is 16.5 Å². The lowest BCUT2D eigenvalue weighted by Gasteiger charge is -2.30. The van der Waals surface area contributed by atoms with Crippen molar-refractivity contribution in [3.8, 4) is 5.75 Å². The first-order valence-electron chi connectivity index (χ1n) is 11.6. The molecule has 0 fully saturated rings. The minimum absolute atomic E-state index is 0.0244. The van der Waals surface area contributed by atoms with Crippen molar-refractivity contribution in [3.63, 3.8) is 0 Å². The van der Waals surface area contributed by atoms with Crippen molar-refractivity contribution in [1.82, 2.24) is 5.01 Å². The largest absolute Gasteiger partial charge is 0.496 e. The number of nitrogens with zero attached hydrogens (tertiary/aromatic N) is 3. The number of amidine groups is 2. The number of aryl methyl sites for hydroxylation is 1. The van der Waals surface area contributed by atoms with Crippen LogP contribution in [0.1, 0.15) is 23.6 Å². The molecule has 11 heteroatoms. The Morgan fingerprint density at radius 2 is 1.89 bits per heavy atom. The molecular formula is C27H24N4O5S2. The van der Waals surface area contributed by atoms with Crippen LogP contribution < -0.4 is 4.74 Å². The van der Waals surface area contributed by atoms with Crippen LogP contribution in [0.2, 0.25) is 0 Å². The SMILES string of the molecule is COc1ccccc1C1=CC(C)(/C=C2/C(=N)N3N=C(c4ccc(C)cc4)SC3=NC2=O)C=CC1S(=O)(=O)O. The minimum atomic E-state index is -4.49. The highest BCUT2D eigenvalue weighted by Crippen LogP contribution is 2.41. The van der Waals surface area contributed by atoms with Crippen LogP contribution in [0.5, 0.6) is 5.75 Å². The zero-order chi connectivity index (χ0) is 27.2.